The number of rotatable bonds is 4. The Morgan fingerprint density at radius 3 is 1.00 bits per heavy atom. The molecule has 1 aliphatic carbocycles. The van der Waals surface area contributed by atoms with E-state index in [1.165, 1.54) is 40.3 Å². The summed E-state index contributed by atoms with van der Waals surface area (Å²) < 4.78 is 21.1. The first-order valence-corrected chi connectivity index (χ1v) is 27.5. The molecule has 0 saturated carbocycles. The Hall–Kier alpha value is -9.20. The average Bonchev–Trinajstić information content (AvgIpc) is 4.44. The van der Waals surface area contributed by atoms with Crippen LogP contribution < -0.4 is 9.80 Å². The lowest BCUT2D eigenvalue weighted by atomic mass is 9.53. The van der Waals surface area contributed by atoms with Crippen LogP contribution in [0.25, 0.3) is 63.0 Å². The van der Waals surface area contributed by atoms with Gasteiger partial charge in [-0.25, -0.2) is 0 Å². The van der Waals surface area contributed by atoms with Gasteiger partial charge in [0.1, 0.15) is 33.9 Å². The number of hydrogen-bond acceptors (Lipinski definition) is 6. The van der Waals surface area contributed by atoms with Crippen LogP contribution in [-0.4, -0.2) is 0 Å². The number of para-hydroxylation sites is 6. The normalized spacial score (nSPS) is 14.5. The molecule has 2 aliphatic heterocycles. The molecule has 4 aromatic heterocycles. The Labute approximate surface area is 446 Å². The van der Waals surface area contributed by atoms with Crippen LogP contribution in [0.2, 0.25) is 0 Å². The number of anilines is 6. The fourth-order valence-corrected chi connectivity index (χ4v) is 15.6. The lowest BCUT2D eigenvalue weighted by molar-refractivity contribution is 0.400. The molecule has 10 aromatic carbocycles. The van der Waals surface area contributed by atoms with E-state index in [1.807, 2.05) is 22.7 Å². The molecule has 0 atom stereocenters. The maximum Gasteiger partial charge on any atom is 0.134 e. The summed E-state index contributed by atoms with van der Waals surface area (Å²) in [6.45, 7) is 0. The molecule has 2 spiro atoms. The summed E-state index contributed by atoms with van der Waals surface area (Å²) in [4.78, 5) is 4.86. The van der Waals surface area contributed by atoms with E-state index in [0.29, 0.717) is 0 Å². The van der Waals surface area contributed by atoms with Crippen LogP contribution in [0.4, 0.5) is 34.1 Å². The Kier molecular flexibility index (Phi) is 8.70. The third-order valence-corrected chi connectivity index (χ3v) is 18.8. The zero-order valence-corrected chi connectivity index (χ0v) is 42.4. The van der Waals surface area contributed by atoms with Crippen LogP contribution in [0, 0.1) is 0 Å². The number of furan rings is 2. The second-order valence-corrected chi connectivity index (χ2v) is 22.4. The highest BCUT2D eigenvalue weighted by Crippen LogP contribution is 2.69. The fourth-order valence-electron chi connectivity index (χ4n) is 13.5. The fraction of sp³-hybridized carbons (Fsp3) is 0.0286. The van der Waals surface area contributed by atoms with Gasteiger partial charge in [-0.15, -0.1) is 22.7 Å². The molecule has 4 nitrogen and oxygen atoms in total. The maximum absolute atomic E-state index is 8.05. The molecule has 0 amide bonds. The molecule has 6 heterocycles. The van der Waals surface area contributed by atoms with E-state index in [4.69, 9.17) is 8.83 Å². The van der Waals surface area contributed by atoms with Crippen molar-refractivity contribution in [2.75, 3.05) is 9.80 Å². The van der Waals surface area contributed by atoms with Gasteiger partial charge in [-0.1, -0.05) is 146 Å². The van der Waals surface area contributed by atoms with E-state index in [2.05, 4.69) is 265 Å². The van der Waals surface area contributed by atoms with E-state index < -0.39 is 10.8 Å². The van der Waals surface area contributed by atoms with Crippen molar-refractivity contribution in [1.82, 2.24) is 0 Å². The van der Waals surface area contributed by atoms with Crippen molar-refractivity contribution in [1.29, 1.82) is 0 Å². The zero-order chi connectivity index (χ0) is 49.7. The quantitative estimate of drug-likeness (QED) is 0.176. The van der Waals surface area contributed by atoms with Crippen LogP contribution in [-0.2, 0) is 10.8 Å². The molecule has 0 fully saturated rings. The van der Waals surface area contributed by atoms with E-state index in [1.54, 1.807) is 0 Å². The molecule has 76 heavy (non-hydrogen) atoms. The van der Waals surface area contributed by atoms with Crippen LogP contribution in [0.15, 0.2) is 264 Å². The summed E-state index contributed by atoms with van der Waals surface area (Å²) in [5.74, 6) is 3.37. The molecule has 17 rings (SSSR count). The molecule has 0 radical (unpaired) electrons. The van der Waals surface area contributed by atoms with Crippen molar-refractivity contribution in [2.24, 2.45) is 0 Å². The summed E-state index contributed by atoms with van der Waals surface area (Å²) in [6.07, 6.45) is 0. The van der Waals surface area contributed by atoms with Gasteiger partial charge >= 0.3 is 0 Å². The van der Waals surface area contributed by atoms with Gasteiger partial charge in [0, 0.05) is 74.0 Å². The largest absolute Gasteiger partial charge is 0.459 e. The summed E-state index contributed by atoms with van der Waals surface area (Å²) in [5.41, 5.74) is 13.1. The second kappa shape index (κ2) is 15.7. The highest BCUT2D eigenvalue weighted by molar-refractivity contribution is 7.26. The highest BCUT2D eigenvalue weighted by atomic mass is 32.1. The summed E-state index contributed by atoms with van der Waals surface area (Å²) in [6, 6.07) is 93.4. The van der Waals surface area contributed by atoms with Gasteiger partial charge < -0.3 is 18.6 Å². The van der Waals surface area contributed by atoms with Gasteiger partial charge in [0.2, 0.25) is 0 Å². The van der Waals surface area contributed by atoms with Gasteiger partial charge in [0.05, 0.1) is 22.7 Å². The minimum atomic E-state index is -1.01. The minimum Gasteiger partial charge on any atom is -0.459 e. The van der Waals surface area contributed by atoms with Crippen molar-refractivity contribution >= 4 is 97.1 Å². The van der Waals surface area contributed by atoms with Gasteiger partial charge in [-0.3, -0.25) is 0 Å². The summed E-state index contributed by atoms with van der Waals surface area (Å²) in [5, 5.41) is 4.95. The first-order chi connectivity index (χ1) is 37.7. The Balaban J connectivity index is 1.05. The van der Waals surface area contributed by atoms with Crippen molar-refractivity contribution in [3.05, 3.63) is 300 Å². The Morgan fingerprint density at radius 1 is 0.276 bits per heavy atom. The van der Waals surface area contributed by atoms with Crippen molar-refractivity contribution in [2.45, 2.75) is 10.8 Å². The maximum atomic E-state index is 8.05. The standard InChI is InChI=1S/C70H42N2O2S2/c1-3-19-45(20-4-1)71-57-29-13-9-25-51(57)69(52-26-10-14-30-58(52)71)55-41-61(43-35-37-65-49(39-43)47-23-7-17-33-63(47)75-65)74-68(55)70(53-27-11-15-31-59(53)72(46-21-5-2-6-22-46)60-32-16-12-28-54(60)70)56-42-62(73-67(56)69)44-36-38-66-50(40-44)48-24-8-18-34-64(48)76-66/h1-42H. The predicted octanol–water partition coefficient (Wildman–Crippen LogP) is 19.6. The SMILES string of the molecule is c1ccc(N2c3ccccc3C3(c4ccccc42)c2cc(-c4ccc5sc6ccccc6c5c4)oc2C2(c4ccccc4N(c4ccccc4)c4ccccc42)c2cc(-c4ccc5sc6ccccc6c5c4)oc23)cc1. The molecule has 0 bridgehead atoms. The molecular formula is C70H42N2O2S2. The molecule has 0 N–H and O–H groups in total. The number of fused-ring (bicyclic) bond motifs is 20. The molecule has 3 aliphatic rings. The molecular weight excluding hydrogens is 965 g/mol. The zero-order valence-electron chi connectivity index (χ0n) is 40.8. The lowest BCUT2D eigenvalue weighted by Crippen LogP contribution is -2.48. The van der Waals surface area contributed by atoms with E-state index in [0.717, 1.165) is 102 Å². The second-order valence-electron chi connectivity index (χ2n) is 20.2. The molecule has 6 heteroatoms. The number of nitrogens with zero attached hydrogens (tertiary/aromatic N) is 2. The molecule has 14 aromatic rings. The topological polar surface area (TPSA) is 32.8 Å². The first kappa shape index (κ1) is 42.2. The van der Waals surface area contributed by atoms with Crippen LogP contribution >= 0.6 is 22.7 Å². The van der Waals surface area contributed by atoms with Gasteiger partial charge in [-0.2, -0.15) is 0 Å². The third-order valence-electron chi connectivity index (χ3n) is 16.5. The smallest absolute Gasteiger partial charge is 0.134 e. The Bertz CT molecular complexity index is 4250. The summed E-state index contributed by atoms with van der Waals surface area (Å²) in [7, 11) is 0. The average molecular weight is 1010 g/mol. The predicted molar refractivity (Wildman–Crippen MR) is 314 cm³/mol. The van der Waals surface area contributed by atoms with Crippen LogP contribution in [0.3, 0.4) is 0 Å². The van der Waals surface area contributed by atoms with Crippen molar-refractivity contribution < 1.29 is 8.83 Å². The van der Waals surface area contributed by atoms with Crippen molar-refractivity contribution in [3.63, 3.8) is 0 Å². The molecule has 0 unspecified atom stereocenters. The minimum absolute atomic E-state index is 0.807. The first-order valence-electron chi connectivity index (χ1n) is 25.9. The third kappa shape index (κ3) is 5.51. The number of thiophene rings is 2. The van der Waals surface area contributed by atoms with E-state index in [9.17, 15) is 0 Å². The lowest BCUT2D eigenvalue weighted by Gasteiger charge is -2.52. The van der Waals surface area contributed by atoms with Gasteiger partial charge in [0.25, 0.3) is 0 Å². The van der Waals surface area contributed by atoms with Crippen molar-refractivity contribution in [3.8, 4) is 22.6 Å². The molecule has 0 saturated heterocycles. The van der Waals surface area contributed by atoms with Crippen LogP contribution in [0.1, 0.15) is 44.9 Å². The number of hydrogen-bond donors (Lipinski definition) is 0. The van der Waals surface area contributed by atoms with Gasteiger partial charge in [0.15, 0.2) is 0 Å². The van der Waals surface area contributed by atoms with E-state index >= 15 is 0 Å². The number of benzene rings is 10. The van der Waals surface area contributed by atoms with Crippen LogP contribution in [0.5, 0.6) is 0 Å². The van der Waals surface area contributed by atoms with E-state index in [-0.39, 0.29) is 0 Å². The van der Waals surface area contributed by atoms with Gasteiger partial charge in [-0.05, 0) is 131 Å². The Morgan fingerprint density at radius 2 is 0.605 bits per heavy atom. The summed E-state index contributed by atoms with van der Waals surface area (Å²) >= 11 is 3.67. The monoisotopic (exact) mass is 1010 g/mol. The highest BCUT2D eigenvalue weighted by Gasteiger charge is 2.63. The molecule has 356 valence electrons.